The Morgan fingerprint density at radius 2 is 1.93 bits per heavy atom. The maximum Gasteiger partial charge on any atom is -0.00517 e. The summed E-state index contributed by atoms with van der Waals surface area (Å²) >= 11 is 0. The van der Waals surface area contributed by atoms with Gasteiger partial charge in [0.15, 0.2) is 0 Å². The summed E-state index contributed by atoms with van der Waals surface area (Å²) < 4.78 is 0. The Morgan fingerprint density at radius 3 is 2.67 bits per heavy atom. The van der Waals surface area contributed by atoms with Gasteiger partial charge in [-0.25, -0.2) is 0 Å². The summed E-state index contributed by atoms with van der Waals surface area (Å²) in [6.07, 6.45) is 9.92. The van der Waals surface area contributed by atoms with Crippen LogP contribution >= 0.6 is 0 Å². The molecule has 0 aromatic rings. The summed E-state index contributed by atoms with van der Waals surface area (Å²) in [7, 11) is 0. The van der Waals surface area contributed by atoms with Crippen molar-refractivity contribution in [3.63, 3.8) is 0 Å². The van der Waals surface area contributed by atoms with Gasteiger partial charge < -0.3 is 0 Å². The van der Waals surface area contributed by atoms with E-state index in [-0.39, 0.29) is 0 Å². The van der Waals surface area contributed by atoms with Crippen molar-refractivity contribution in [1.82, 2.24) is 0 Å². The molecule has 1 spiro atoms. The van der Waals surface area contributed by atoms with Crippen molar-refractivity contribution in [3.8, 4) is 0 Å². The summed E-state index contributed by atoms with van der Waals surface area (Å²) in [6, 6.07) is 0. The van der Waals surface area contributed by atoms with Gasteiger partial charge in [-0.2, -0.15) is 0 Å². The molecule has 0 aromatic carbocycles. The molecule has 0 heteroatoms. The highest BCUT2D eigenvalue weighted by atomic mass is 14.7. The Morgan fingerprint density at radius 1 is 1.20 bits per heavy atom. The van der Waals surface area contributed by atoms with Gasteiger partial charge in [0.2, 0.25) is 0 Å². The lowest BCUT2D eigenvalue weighted by Crippen LogP contribution is -2.42. The van der Waals surface area contributed by atoms with Crippen LogP contribution in [0.1, 0.15) is 59.8 Å². The fourth-order valence-electron chi connectivity index (χ4n) is 5.86. The lowest BCUT2D eigenvalue weighted by molar-refractivity contribution is 0.0228. The summed E-state index contributed by atoms with van der Waals surface area (Å²) in [5.74, 6) is 0.934. The lowest BCUT2D eigenvalue weighted by Gasteiger charge is -2.48. The molecule has 3 aliphatic carbocycles. The smallest absolute Gasteiger partial charge is 0.00517 e. The highest BCUT2D eigenvalue weighted by molar-refractivity contribution is 5.36. The first-order valence-electron chi connectivity index (χ1n) is 6.66. The Labute approximate surface area is 94.1 Å². The van der Waals surface area contributed by atoms with Gasteiger partial charge in [-0.1, -0.05) is 38.8 Å². The van der Waals surface area contributed by atoms with Crippen LogP contribution in [0.5, 0.6) is 0 Å². The topological polar surface area (TPSA) is 0 Å². The second kappa shape index (κ2) is 2.52. The van der Waals surface area contributed by atoms with Crippen molar-refractivity contribution in [2.75, 3.05) is 0 Å². The normalized spacial score (nSPS) is 57.9. The Bertz CT molecular complexity index is 340. The Balaban J connectivity index is 2.22. The molecular formula is C15H24. The zero-order valence-corrected chi connectivity index (χ0v) is 10.7. The van der Waals surface area contributed by atoms with E-state index in [0.29, 0.717) is 16.2 Å². The molecule has 0 N–H and O–H groups in total. The minimum atomic E-state index is 0.530. The molecule has 3 aliphatic rings. The van der Waals surface area contributed by atoms with Crippen LogP contribution in [0.15, 0.2) is 11.6 Å². The molecule has 4 atom stereocenters. The van der Waals surface area contributed by atoms with Gasteiger partial charge in [0.1, 0.15) is 0 Å². The average Bonchev–Trinajstić information content (AvgIpc) is 2.67. The molecule has 2 fully saturated rings. The molecule has 2 saturated carbocycles. The second-order valence-electron chi connectivity index (χ2n) is 6.84. The minimum Gasteiger partial charge on any atom is -0.0785 e. The molecule has 0 amide bonds. The van der Waals surface area contributed by atoms with Gasteiger partial charge in [0, 0.05) is 0 Å². The summed E-state index contributed by atoms with van der Waals surface area (Å²) in [6.45, 7) is 10.0. The van der Waals surface area contributed by atoms with Crippen LogP contribution in [-0.4, -0.2) is 0 Å². The summed E-state index contributed by atoms with van der Waals surface area (Å²) in [5, 5.41) is 0. The zero-order chi connectivity index (χ0) is 10.9. The first-order chi connectivity index (χ1) is 6.96. The number of hydrogen-bond donors (Lipinski definition) is 0. The van der Waals surface area contributed by atoms with Crippen molar-refractivity contribution in [3.05, 3.63) is 11.6 Å². The highest BCUT2D eigenvalue weighted by Crippen LogP contribution is 2.77. The van der Waals surface area contributed by atoms with Crippen LogP contribution < -0.4 is 0 Å². The predicted octanol–water partition coefficient (Wildman–Crippen LogP) is 4.56. The maximum atomic E-state index is 2.65. The minimum absolute atomic E-state index is 0.530. The largest absolute Gasteiger partial charge is 0.0785 e. The molecule has 84 valence electrons. The molecule has 0 saturated heterocycles. The first-order valence-corrected chi connectivity index (χ1v) is 6.66. The van der Waals surface area contributed by atoms with Crippen molar-refractivity contribution < 1.29 is 0 Å². The van der Waals surface area contributed by atoms with Crippen LogP contribution in [-0.2, 0) is 0 Å². The molecule has 15 heavy (non-hydrogen) atoms. The molecule has 0 aromatic heterocycles. The van der Waals surface area contributed by atoms with Gasteiger partial charge >= 0.3 is 0 Å². The van der Waals surface area contributed by atoms with E-state index in [1.165, 1.54) is 32.1 Å². The summed E-state index contributed by atoms with van der Waals surface area (Å²) in [4.78, 5) is 0. The van der Waals surface area contributed by atoms with Gasteiger partial charge in [-0.15, -0.1) is 0 Å². The van der Waals surface area contributed by atoms with Crippen LogP contribution in [0.3, 0.4) is 0 Å². The van der Waals surface area contributed by atoms with E-state index in [9.17, 15) is 0 Å². The molecule has 0 nitrogen and oxygen atoms in total. The van der Waals surface area contributed by atoms with Crippen molar-refractivity contribution >= 4 is 0 Å². The SMILES string of the molecule is CC1=C[C@]2(C)CCCC23[C@H](C)CC[C@@]13C. The third kappa shape index (κ3) is 0.797. The zero-order valence-electron chi connectivity index (χ0n) is 10.7. The molecule has 0 heterocycles. The van der Waals surface area contributed by atoms with E-state index < -0.39 is 0 Å². The fourth-order valence-corrected chi connectivity index (χ4v) is 5.86. The average molecular weight is 204 g/mol. The van der Waals surface area contributed by atoms with Crippen molar-refractivity contribution in [1.29, 1.82) is 0 Å². The van der Waals surface area contributed by atoms with Crippen LogP contribution in [0.2, 0.25) is 0 Å². The molecule has 0 aliphatic heterocycles. The van der Waals surface area contributed by atoms with Crippen molar-refractivity contribution in [2.24, 2.45) is 22.2 Å². The second-order valence-corrected chi connectivity index (χ2v) is 6.84. The standard InChI is InChI=1S/C15H24/c1-11-6-9-14(4)12(2)10-13(3)7-5-8-15(11,13)14/h10-11H,5-9H2,1-4H3/t11-,13+,14+,15?/m1/s1. The Hall–Kier alpha value is -0.260. The molecule has 0 bridgehead atoms. The fraction of sp³-hybridized carbons (Fsp3) is 0.867. The first kappa shape index (κ1) is 9.93. The maximum absolute atomic E-state index is 2.65. The Kier molecular flexibility index (Phi) is 1.67. The number of hydrogen-bond acceptors (Lipinski definition) is 0. The third-order valence-corrected chi connectivity index (χ3v) is 6.60. The quantitative estimate of drug-likeness (QED) is 0.507. The van der Waals surface area contributed by atoms with Crippen LogP contribution in [0.25, 0.3) is 0 Å². The van der Waals surface area contributed by atoms with Gasteiger partial charge in [-0.05, 0) is 54.8 Å². The molecule has 0 radical (unpaired) electrons. The predicted molar refractivity (Wildman–Crippen MR) is 64.7 cm³/mol. The van der Waals surface area contributed by atoms with Crippen LogP contribution in [0, 0.1) is 22.2 Å². The monoisotopic (exact) mass is 204 g/mol. The van der Waals surface area contributed by atoms with E-state index in [0.717, 1.165) is 5.92 Å². The van der Waals surface area contributed by atoms with Crippen LogP contribution in [0.4, 0.5) is 0 Å². The third-order valence-electron chi connectivity index (χ3n) is 6.60. The van der Waals surface area contributed by atoms with Crippen molar-refractivity contribution in [2.45, 2.75) is 59.8 Å². The highest BCUT2D eigenvalue weighted by Gasteiger charge is 2.68. The number of allylic oxidation sites excluding steroid dienone is 2. The van der Waals surface area contributed by atoms with E-state index in [1.807, 2.05) is 0 Å². The van der Waals surface area contributed by atoms with Gasteiger partial charge in [-0.3, -0.25) is 0 Å². The van der Waals surface area contributed by atoms with E-state index >= 15 is 0 Å². The van der Waals surface area contributed by atoms with Gasteiger partial charge in [0.05, 0.1) is 0 Å². The van der Waals surface area contributed by atoms with Gasteiger partial charge in [0.25, 0.3) is 0 Å². The lowest BCUT2D eigenvalue weighted by atomic mass is 9.55. The molecule has 3 rings (SSSR count). The summed E-state index contributed by atoms with van der Waals surface area (Å²) in [5.41, 5.74) is 3.40. The van der Waals surface area contributed by atoms with E-state index in [4.69, 9.17) is 0 Å². The van der Waals surface area contributed by atoms with E-state index in [2.05, 4.69) is 33.8 Å². The number of rotatable bonds is 0. The molecule has 1 unspecified atom stereocenters. The molecular weight excluding hydrogens is 180 g/mol. The van der Waals surface area contributed by atoms with E-state index in [1.54, 1.807) is 5.57 Å².